The average molecular weight is 296 g/mol. The van der Waals surface area contributed by atoms with Crippen molar-refractivity contribution in [2.24, 2.45) is 5.92 Å². The molecule has 4 unspecified atom stereocenters. The molecular formula is C18H37N3. The number of rotatable bonds is 7. The number of hydrogen-bond acceptors (Lipinski definition) is 3. The molecule has 2 rings (SSSR count). The van der Waals surface area contributed by atoms with Crippen molar-refractivity contribution in [3.63, 3.8) is 0 Å². The monoisotopic (exact) mass is 295 g/mol. The van der Waals surface area contributed by atoms with E-state index in [1.54, 1.807) is 0 Å². The summed E-state index contributed by atoms with van der Waals surface area (Å²) in [6.45, 7) is 8.40. The summed E-state index contributed by atoms with van der Waals surface area (Å²) in [5, 5.41) is 3.86. The first kappa shape index (κ1) is 17.2. The fourth-order valence-corrected chi connectivity index (χ4v) is 4.45. The lowest BCUT2D eigenvalue weighted by Crippen LogP contribution is -2.56. The van der Waals surface area contributed by atoms with E-state index < -0.39 is 0 Å². The van der Waals surface area contributed by atoms with Gasteiger partial charge in [0.05, 0.1) is 0 Å². The van der Waals surface area contributed by atoms with E-state index in [9.17, 15) is 0 Å². The Kier molecular flexibility index (Phi) is 6.97. The maximum atomic E-state index is 3.86. The standard InChI is InChI=1S/C18H37N3/c1-5-11-19-17-10-9-15(6-2)13-18(17)21-12-7-8-16(21)14-20(3)4/h15-19H,5-14H2,1-4H3. The van der Waals surface area contributed by atoms with Crippen LogP contribution in [0.3, 0.4) is 0 Å². The van der Waals surface area contributed by atoms with Crippen LogP contribution in [-0.4, -0.2) is 61.7 Å². The Labute approximate surface area is 132 Å². The average Bonchev–Trinajstić information content (AvgIpc) is 2.92. The molecule has 1 heterocycles. The molecule has 124 valence electrons. The highest BCUT2D eigenvalue weighted by atomic mass is 15.3. The molecule has 3 nitrogen and oxygen atoms in total. The minimum atomic E-state index is 0.732. The molecule has 0 amide bonds. The first-order chi connectivity index (χ1) is 10.2. The van der Waals surface area contributed by atoms with Gasteiger partial charge in [0, 0.05) is 24.7 Å². The molecule has 1 N–H and O–H groups in total. The number of hydrogen-bond donors (Lipinski definition) is 1. The third-order valence-electron chi connectivity index (χ3n) is 5.58. The van der Waals surface area contributed by atoms with Crippen LogP contribution in [0.2, 0.25) is 0 Å². The van der Waals surface area contributed by atoms with E-state index in [1.807, 2.05) is 0 Å². The molecule has 1 saturated heterocycles. The number of nitrogens with one attached hydrogen (secondary N) is 1. The molecule has 21 heavy (non-hydrogen) atoms. The largest absolute Gasteiger partial charge is 0.312 e. The smallest absolute Gasteiger partial charge is 0.0255 e. The van der Waals surface area contributed by atoms with Crippen LogP contribution in [0.4, 0.5) is 0 Å². The van der Waals surface area contributed by atoms with Crippen molar-refractivity contribution in [2.75, 3.05) is 33.7 Å². The summed E-state index contributed by atoms with van der Waals surface area (Å²) in [4.78, 5) is 5.24. The van der Waals surface area contributed by atoms with Crippen LogP contribution in [-0.2, 0) is 0 Å². The molecule has 0 radical (unpaired) electrons. The molecule has 0 aromatic rings. The summed E-state index contributed by atoms with van der Waals surface area (Å²) in [5.41, 5.74) is 0. The Bertz CT molecular complexity index is 292. The maximum Gasteiger partial charge on any atom is 0.0255 e. The van der Waals surface area contributed by atoms with Gasteiger partial charge in [-0.15, -0.1) is 0 Å². The minimum absolute atomic E-state index is 0.732. The van der Waals surface area contributed by atoms with Crippen LogP contribution in [0.25, 0.3) is 0 Å². The van der Waals surface area contributed by atoms with E-state index in [1.165, 1.54) is 64.6 Å². The molecule has 1 aliphatic carbocycles. The maximum absolute atomic E-state index is 3.86. The zero-order valence-electron chi connectivity index (χ0n) is 14.8. The normalized spacial score (nSPS) is 34.7. The van der Waals surface area contributed by atoms with Crippen molar-refractivity contribution in [2.45, 2.75) is 76.9 Å². The molecule has 0 aromatic heterocycles. The zero-order valence-corrected chi connectivity index (χ0v) is 14.8. The highest BCUT2D eigenvalue weighted by Gasteiger charge is 2.38. The first-order valence-electron chi connectivity index (χ1n) is 9.29. The van der Waals surface area contributed by atoms with Crippen LogP contribution in [0.1, 0.15) is 58.8 Å². The lowest BCUT2D eigenvalue weighted by Gasteiger charge is -2.44. The van der Waals surface area contributed by atoms with Gasteiger partial charge in [-0.2, -0.15) is 0 Å². The molecule has 0 spiro atoms. The van der Waals surface area contributed by atoms with E-state index >= 15 is 0 Å². The van der Waals surface area contributed by atoms with E-state index in [2.05, 4.69) is 43.1 Å². The van der Waals surface area contributed by atoms with E-state index in [4.69, 9.17) is 0 Å². The fraction of sp³-hybridized carbons (Fsp3) is 1.00. The zero-order chi connectivity index (χ0) is 15.2. The minimum Gasteiger partial charge on any atom is -0.312 e. The summed E-state index contributed by atoms with van der Waals surface area (Å²) in [7, 11) is 4.44. The van der Waals surface area contributed by atoms with E-state index in [-0.39, 0.29) is 0 Å². The molecule has 1 saturated carbocycles. The predicted octanol–water partition coefficient (Wildman–Crippen LogP) is 2.96. The highest BCUT2D eigenvalue weighted by molar-refractivity contribution is 4.96. The quantitative estimate of drug-likeness (QED) is 0.779. The molecule has 2 fully saturated rings. The van der Waals surface area contributed by atoms with Gasteiger partial charge in [0.1, 0.15) is 0 Å². The Balaban J connectivity index is 2.02. The predicted molar refractivity (Wildman–Crippen MR) is 91.8 cm³/mol. The highest BCUT2D eigenvalue weighted by Crippen LogP contribution is 2.34. The van der Waals surface area contributed by atoms with Crippen molar-refractivity contribution in [3.05, 3.63) is 0 Å². The summed E-state index contributed by atoms with van der Waals surface area (Å²) in [6.07, 6.45) is 9.64. The van der Waals surface area contributed by atoms with Gasteiger partial charge in [0.2, 0.25) is 0 Å². The second-order valence-electron chi connectivity index (χ2n) is 7.51. The van der Waals surface area contributed by atoms with Crippen molar-refractivity contribution < 1.29 is 0 Å². The Morgan fingerprint density at radius 3 is 2.62 bits per heavy atom. The second-order valence-corrected chi connectivity index (χ2v) is 7.51. The van der Waals surface area contributed by atoms with Gasteiger partial charge in [-0.3, -0.25) is 4.90 Å². The Morgan fingerprint density at radius 1 is 1.14 bits per heavy atom. The third kappa shape index (κ3) is 4.67. The van der Waals surface area contributed by atoms with Crippen molar-refractivity contribution in [1.82, 2.24) is 15.1 Å². The third-order valence-corrected chi connectivity index (χ3v) is 5.58. The van der Waals surface area contributed by atoms with Crippen LogP contribution >= 0.6 is 0 Å². The molecule has 2 aliphatic rings. The number of nitrogens with zero attached hydrogens (tertiary/aromatic N) is 2. The van der Waals surface area contributed by atoms with Gasteiger partial charge in [-0.1, -0.05) is 20.3 Å². The SMILES string of the molecule is CCCNC1CCC(CC)CC1N1CCCC1CN(C)C. The summed E-state index contributed by atoms with van der Waals surface area (Å²) < 4.78 is 0. The van der Waals surface area contributed by atoms with Gasteiger partial charge in [-0.25, -0.2) is 0 Å². The Morgan fingerprint density at radius 2 is 1.95 bits per heavy atom. The summed E-state index contributed by atoms with van der Waals surface area (Å²) in [5.74, 6) is 0.954. The molecular weight excluding hydrogens is 258 g/mol. The fourth-order valence-electron chi connectivity index (χ4n) is 4.45. The Hall–Kier alpha value is -0.120. The van der Waals surface area contributed by atoms with Gasteiger partial charge in [-0.05, 0) is 71.6 Å². The van der Waals surface area contributed by atoms with Crippen LogP contribution in [0.5, 0.6) is 0 Å². The first-order valence-corrected chi connectivity index (χ1v) is 9.29. The van der Waals surface area contributed by atoms with Crippen molar-refractivity contribution in [3.8, 4) is 0 Å². The van der Waals surface area contributed by atoms with Gasteiger partial charge in [0.15, 0.2) is 0 Å². The van der Waals surface area contributed by atoms with Gasteiger partial charge >= 0.3 is 0 Å². The molecule has 4 atom stereocenters. The molecule has 0 bridgehead atoms. The lowest BCUT2D eigenvalue weighted by molar-refractivity contribution is 0.0749. The van der Waals surface area contributed by atoms with Crippen LogP contribution in [0.15, 0.2) is 0 Å². The molecule has 0 aromatic carbocycles. The molecule has 3 heteroatoms. The van der Waals surface area contributed by atoms with Crippen molar-refractivity contribution >= 4 is 0 Å². The van der Waals surface area contributed by atoms with E-state index in [0.717, 1.165) is 24.0 Å². The van der Waals surface area contributed by atoms with E-state index in [0.29, 0.717) is 0 Å². The molecule has 1 aliphatic heterocycles. The number of likely N-dealkylation sites (N-methyl/N-ethyl adjacent to an activating group) is 1. The number of likely N-dealkylation sites (tertiary alicyclic amines) is 1. The van der Waals surface area contributed by atoms with Crippen molar-refractivity contribution in [1.29, 1.82) is 0 Å². The summed E-state index contributed by atoms with van der Waals surface area (Å²) in [6, 6.07) is 2.30. The van der Waals surface area contributed by atoms with Gasteiger partial charge in [0.25, 0.3) is 0 Å². The van der Waals surface area contributed by atoms with Gasteiger partial charge < -0.3 is 10.2 Å². The second kappa shape index (κ2) is 8.50. The van der Waals surface area contributed by atoms with Crippen LogP contribution in [0, 0.1) is 5.92 Å². The van der Waals surface area contributed by atoms with Crippen LogP contribution < -0.4 is 5.32 Å². The lowest BCUT2D eigenvalue weighted by atomic mass is 9.80. The summed E-state index contributed by atoms with van der Waals surface area (Å²) >= 11 is 0. The topological polar surface area (TPSA) is 18.5 Å².